The molecular formula is CeN2O4-2. The number of hydrogen-bond donors (Lipinski definition) is 0. The van der Waals surface area contributed by atoms with Crippen LogP contribution in [0, 0.1) is 62.0 Å². The Balaban J connectivity index is -0.0000000400. The Morgan fingerprint density at radius 2 is 1.00 bits per heavy atom. The predicted molar refractivity (Wildman–Crippen MR) is 18.3 cm³/mol. The van der Waals surface area contributed by atoms with E-state index in [-0.39, 0.29) is 41.7 Å². The molecule has 0 radical (unpaired) electrons. The van der Waals surface area contributed by atoms with E-state index in [0.717, 1.165) is 10.7 Å². The van der Waals surface area contributed by atoms with Crippen LogP contribution in [0.25, 0.3) is 0 Å². The van der Waals surface area contributed by atoms with Crippen molar-refractivity contribution in [1.29, 1.82) is 0 Å². The fourth-order valence-electron chi connectivity index (χ4n) is 0. The van der Waals surface area contributed by atoms with Crippen molar-refractivity contribution in [3.05, 3.63) is 20.2 Å². The molecule has 0 fully saturated rings. The van der Waals surface area contributed by atoms with Crippen molar-refractivity contribution < 1.29 is 41.7 Å². The molecule has 0 aromatic heterocycles. The second kappa shape index (κ2) is 34.9. The van der Waals surface area contributed by atoms with Crippen molar-refractivity contribution >= 4 is 0 Å². The maximum Gasteiger partial charge on any atom is 0 e. The molecule has 7 heteroatoms. The summed E-state index contributed by atoms with van der Waals surface area (Å²) in [6.45, 7) is 0. The quantitative estimate of drug-likeness (QED) is 0.447. The Morgan fingerprint density at radius 3 is 1.00 bits per heavy atom. The summed E-state index contributed by atoms with van der Waals surface area (Å²) in [6, 6.07) is 0. The molecule has 0 aliphatic carbocycles. The first-order chi connectivity index (χ1) is 2.83. The molecular weight excluding hydrogens is 232 g/mol. The van der Waals surface area contributed by atoms with Gasteiger partial charge in [0.15, 0.2) is 0 Å². The average molecular weight is 232 g/mol. The fraction of sp³-hybridized carbons (Fsp3) is 0. The maximum atomic E-state index is 8.00. The van der Waals surface area contributed by atoms with Gasteiger partial charge in [-0.2, -0.15) is 0 Å². The van der Waals surface area contributed by atoms with Gasteiger partial charge in [0.1, 0.15) is 0 Å². The molecule has 0 bridgehead atoms. The van der Waals surface area contributed by atoms with Crippen LogP contribution in [-0.2, 0) is 0 Å². The standard InChI is InChI=1S/Ce.2HNO2/c;2*2-1-3/h;2*(H,2,3)/p-2. The first kappa shape index (κ1) is 15.7. The van der Waals surface area contributed by atoms with E-state index in [0.29, 0.717) is 0 Å². The smallest absolute Gasteiger partial charge is 0 e. The Labute approximate surface area is 72.1 Å². The molecule has 0 amide bonds. The molecule has 0 N–H and O–H groups in total. The van der Waals surface area contributed by atoms with E-state index < -0.39 is 0 Å². The van der Waals surface area contributed by atoms with Crippen LogP contribution in [0.15, 0.2) is 10.7 Å². The van der Waals surface area contributed by atoms with Gasteiger partial charge in [-0.25, -0.2) is 0 Å². The third-order valence-electron chi connectivity index (χ3n) is 0. The summed E-state index contributed by atoms with van der Waals surface area (Å²) in [4.78, 5) is 16.0. The number of nitrogens with zero attached hydrogens (tertiary/aromatic N) is 2. The van der Waals surface area contributed by atoms with E-state index in [4.69, 9.17) is 20.2 Å². The minimum absolute atomic E-state index is 0. The fourth-order valence-corrected chi connectivity index (χ4v) is 0. The van der Waals surface area contributed by atoms with Crippen LogP contribution < -0.4 is 0 Å². The van der Waals surface area contributed by atoms with Crippen molar-refractivity contribution in [3.63, 3.8) is 0 Å². The molecule has 40 valence electrons. The summed E-state index contributed by atoms with van der Waals surface area (Å²) in [5.41, 5.74) is 0. The molecule has 0 spiro atoms. The van der Waals surface area contributed by atoms with Gasteiger partial charge in [-0.3, -0.25) is 0 Å². The van der Waals surface area contributed by atoms with Crippen molar-refractivity contribution in [3.8, 4) is 0 Å². The maximum absolute atomic E-state index is 8.00. The average Bonchev–Trinajstić information content (AvgIpc) is 1.39. The van der Waals surface area contributed by atoms with Gasteiger partial charge in [0.05, 0.1) is 0 Å². The Bertz CT molecular complexity index is 30.7. The van der Waals surface area contributed by atoms with E-state index in [1.165, 1.54) is 0 Å². The third kappa shape index (κ3) is 3450. The van der Waals surface area contributed by atoms with Crippen LogP contribution in [-0.4, -0.2) is 0 Å². The summed E-state index contributed by atoms with van der Waals surface area (Å²) >= 11 is 0. The van der Waals surface area contributed by atoms with E-state index >= 15 is 0 Å². The topological polar surface area (TPSA) is 105 Å². The van der Waals surface area contributed by atoms with Gasteiger partial charge < -0.3 is 20.2 Å². The Hall–Kier alpha value is 0.177. The van der Waals surface area contributed by atoms with Gasteiger partial charge in [0, 0.05) is 41.7 Å². The van der Waals surface area contributed by atoms with Crippen molar-refractivity contribution in [2.24, 2.45) is 10.7 Å². The first-order valence-electron chi connectivity index (χ1n) is 0.730. The zero-order valence-corrected chi connectivity index (χ0v) is 6.17. The van der Waals surface area contributed by atoms with Crippen LogP contribution in [0.1, 0.15) is 0 Å². The van der Waals surface area contributed by atoms with E-state index in [1.54, 1.807) is 0 Å². The molecule has 0 heterocycles. The summed E-state index contributed by atoms with van der Waals surface area (Å²) < 4.78 is 0. The van der Waals surface area contributed by atoms with Crippen molar-refractivity contribution in [2.45, 2.75) is 0 Å². The minimum atomic E-state index is 0. The molecule has 7 heavy (non-hydrogen) atoms. The zero-order valence-electron chi connectivity index (χ0n) is 3.03. The van der Waals surface area contributed by atoms with Gasteiger partial charge in [-0.15, -0.1) is 10.7 Å². The molecule has 6 nitrogen and oxygen atoms in total. The van der Waals surface area contributed by atoms with Gasteiger partial charge in [-0.1, -0.05) is 0 Å². The number of hydrogen-bond acceptors (Lipinski definition) is 6. The van der Waals surface area contributed by atoms with Crippen LogP contribution >= 0.6 is 0 Å². The molecule has 0 unspecified atom stereocenters. The van der Waals surface area contributed by atoms with Gasteiger partial charge in [-0.05, 0) is 0 Å². The Morgan fingerprint density at radius 1 is 1.00 bits per heavy atom. The molecule has 0 rings (SSSR count). The van der Waals surface area contributed by atoms with Crippen LogP contribution in [0.4, 0.5) is 0 Å². The first-order valence-corrected chi connectivity index (χ1v) is 0.730. The summed E-state index contributed by atoms with van der Waals surface area (Å²) in [5.74, 6) is 0. The van der Waals surface area contributed by atoms with Crippen molar-refractivity contribution in [2.75, 3.05) is 0 Å². The SMILES string of the molecule is O=N[O-].O=N[O-].[Ce]. The van der Waals surface area contributed by atoms with Crippen LogP contribution in [0.3, 0.4) is 0 Å². The third-order valence-corrected chi connectivity index (χ3v) is 0. The second-order valence-electron chi connectivity index (χ2n) is 0.149. The number of rotatable bonds is 0. The largest absolute Gasteiger partial charge is 0.444 e. The normalized spacial score (nSPS) is 3.43. The van der Waals surface area contributed by atoms with Crippen molar-refractivity contribution in [1.82, 2.24) is 0 Å². The molecule has 0 aliphatic rings. The second-order valence-corrected chi connectivity index (χ2v) is 0.149. The molecule has 0 aromatic rings. The van der Waals surface area contributed by atoms with E-state index in [1.807, 2.05) is 0 Å². The van der Waals surface area contributed by atoms with Crippen LogP contribution in [0.2, 0.25) is 0 Å². The molecule has 0 atom stereocenters. The molecule has 0 saturated heterocycles. The predicted octanol–water partition coefficient (Wildman–Crippen LogP) is 0.501. The van der Waals surface area contributed by atoms with E-state index in [9.17, 15) is 0 Å². The van der Waals surface area contributed by atoms with Gasteiger partial charge in [0.25, 0.3) is 0 Å². The molecule has 0 saturated carbocycles. The summed E-state index contributed by atoms with van der Waals surface area (Å²) in [6.07, 6.45) is 0. The Kier molecular flexibility index (Phi) is 78.3. The van der Waals surface area contributed by atoms with Crippen LogP contribution in [0.5, 0.6) is 0 Å². The molecule has 0 aromatic carbocycles. The van der Waals surface area contributed by atoms with Gasteiger partial charge >= 0.3 is 0 Å². The zero-order chi connectivity index (χ0) is 5.41. The van der Waals surface area contributed by atoms with E-state index in [2.05, 4.69) is 0 Å². The van der Waals surface area contributed by atoms with Gasteiger partial charge in [0.2, 0.25) is 0 Å². The summed E-state index contributed by atoms with van der Waals surface area (Å²) in [7, 11) is 0. The monoisotopic (exact) mass is 232 g/mol. The summed E-state index contributed by atoms with van der Waals surface area (Å²) in [5, 5.41) is 18.0. The molecule has 0 aliphatic heterocycles. The minimum Gasteiger partial charge on any atom is -0.444 e.